The molecule has 124 valence electrons. The van der Waals surface area contributed by atoms with Crippen LogP contribution in [-0.2, 0) is 11.2 Å². The van der Waals surface area contributed by atoms with Crippen LogP contribution >= 0.6 is 11.6 Å². The fourth-order valence-electron chi connectivity index (χ4n) is 4.28. The Hall–Kier alpha value is -1.30. The number of nitrogens with one attached hydrogen (secondary N) is 3. The van der Waals surface area contributed by atoms with Crippen molar-refractivity contribution < 1.29 is 4.79 Å². The minimum Gasteiger partial charge on any atom is -0.373 e. The molecule has 5 nitrogen and oxygen atoms in total. The number of hydrogen-bond donors (Lipinski definition) is 3. The number of amides is 1. The van der Waals surface area contributed by atoms with Crippen LogP contribution < -0.4 is 16.2 Å². The highest BCUT2D eigenvalue weighted by atomic mass is 35.5. The smallest absolute Gasteiger partial charge is 0.245 e. The average molecular weight is 335 g/mol. The first-order valence-electron chi connectivity index (χ1n) is 8.43. The summed E-state index contributed by atoms with van der Waals surface area (Å²) in [6.45, 7) is 0.752. The highest BCUT2D eigenvalue weighted by Gasteiger charge is 2.40. The Balaban J connectivity index is 1.38. The van der Waals surface area contributed by atoms with Crippen molar-refractivity contribution in [2.45, 2.75) is 43.8 Å². The summed E-state index contributed by atoms with van der Waals surface area (Å²) in [7, 11) is 1.91. The summed E-state index contributed by atoms with van der Waals surface area (Å²) in [5.74, 6) is 0.804. The molecule has 2 heterocycles. The lowest BCUT2D eigenvalue weighted by atomic mass is 9.97. The average Bonchev–Trinajstić information content (AvgIpc) is 3.22. The molecule has 1 aliphatic carbocycles. The number of carbonyl (C=O) groups is 1. The molecule has 6 heteroatoms. The first-order chi connectivity index (χ1) is 11.1. The molecule has 1 amide bonds. The third-order valence-corrected chi connectivity index (χ3v) is 5.74. The molecular weight excluding hydrogens is 312 g/mol. The van der Waals surface area contributed by atoms with Gasteiger partial charge in [0.15, 0.2) is 0 Å². The second-order valence-electron chi connectivity index (χ2n) is 7.02. The second-order valence-corrected chi connectivity index (χ2v) is 7.45. The van der Waals surface area contributed by atoms with E-state index < -0.39 is 0 Å². The molecule has 1 aromatic rings. The van der Waals surface area contributed by atoms with E-state index in [9.17, 15) is 4.79 Å². The van der Waals surface area contributed by atoms with Crippen LogP contribution in [0.3, 0.4) is 0 Å². The number of carbonyl (C=O) groups excluding carboxylic acids is 1. The molecule has 0 bridgehead atoms. The molecule has 23 heavy (non-hydrogen) atoms. The maximum absolute atomic E-state index is 12.8. The van der Waals surface area contributed by atoms with Crippen LogP contribution in [0.1, 0.15) is 24.8 Å². The van der Waals surface area contributed by atoms with Crippen molar-refractivity contribution in [2.24, 2.45) is 5.92 Å². The molecule has 0 radical (unpaired) electrons. The summed E-state index contributed by atoms with van der Waals surface area (Å²) >= 11 is 6.04. The summed E-state index contributed by atoms with van der Waals surface area (Å²) in [6.07, 6.45) is 4.49. The Morgan fingerprint density at radius 1 is 1.35 bits per heavy atom. The van der Waals surface area contributed by atoms with E-state index in [1.165, 1.54) is 19.3 Å². The lowest BCUT2D eigenvalue weighted by Crippen LogP contribution is -2.47. The molecule has 3 aliphatic rings. The number of benzene rings is 1. The summed E-state index contributed by atoms with van der Waals surface area (Å²) in [5, 5.41) is 4.05. The maximum Gasteiger partial charge on any atom is 0.245 e. The van der Waals surface area contributed by atoms with Crippen LogP contribution in [-0.4, -0.2) is 42.5 Å². The Labute approximate surface area is 141 Å². The predicted octanol–water partition coefficient (Wildman–Crippen LogP) is 1.78. The predicted molar refractivity (Wildman–Crippen MR) is 91.4 cm³/mol. The largest absolute Gasteiger partial charge is 0.373 e. The first-order valence-corrected chi connectivity index (χ1v) is 8.80. The van der Waals surface area contributed by atoms with Gasteiger partial charge < -0.3 is 10.2 Å². The summed E-state index contributed by atoms with van der Waals surface area (Å²) in [4.78, 5) is 14.6. The van der Waals surface area contributed by atoms with Gasteiger partial charge in [-0.05, 0) is 42.5 Å². The molecule has 4 rings (SSSR count). The number of halogens is 1. The van der Waals surface area contributed by atoms with Gasteiger partial charge in [0.2, 0.25) is 5.91 Å². The maximum atomic E-state index is 12.8. The first kappa shape index (κ1) is 15.2. The highest BCUT2D eigenvalue weighted by molar-refractivity contribution is 6.30. The molecular formula is C17H23ClN4O. The van der Waals surface area contributed by atoms with Gasteiger partial charge in [-0.3, -0.25) is 15.6 Å². The number of fused-ring (bicyclic) bond motifs is 2. The van der Waals surface area contributed by atoms with Crippen molar-refractivity contribution in [3.05, 3.63) is 28.8 Å². The normalized spacial score (nSPS) is 31.6. The summed E-state index contributed by atoms with van der Waals surface area (Å²) in [6, 6.07) is 6.52. The van der Waals surface area contributed by atoms with Crippen molar-refractivity contribution in [1.82, 2.24) is 15.8 Å². The Bertz CT molecular complexity index is 623. The van der Waals surface area contributed by atoms with Crippen LogP contribution in [0, 0.1) is 5.92 Å². The van der Waals surface area contributed by atoms with Gasteiger partial charge in [0.05, 0.1) is 0 Å². The number of likely N-dealkylation sites (N-methyl/N-ethyl adjacent to an activating group) is 1. The van der Waals surface area contributed by atoms with Crippen LogP contribution in [0.4, 0.5) is 5.69 Å². The SMILES string of the molecule is CN(CC1NNC2CCCC21)C(=O)C1Cc2cc(Cl)ccc2N1. The van der Waals surface area contributed by atoms with E-state index >= 15 is 0 Å². The number of hydrogen-bond acceptors (Lipinski definition) is 4. The molecule has 0 aromatic heterocycles. The number of anilines is 1. The number of nitrogens with zero attached hydrogens (tertiary/aromatic N) is 1. The molecule has 4 atom stereocenters. The van der Waals surface area contributed by atoms with Crippen LogP contribution in [0.5, 0.6) is 0 Å². The van der Waals surface area contributed by atoms with Crippen LogP contribution in [0.25, 0.3) is 0 Å². The fourth-order valence-corrected chi connectivity index (χ4v) is 4.48. The Kier molecular flexibility index (Phi) is 3.95. The standard InChI is InChI=1S/C17H23ClN4O/c1-22(9-16-12-3-2-4-14(12)20-21-16)17(23)15-8-10-7-11(18)5-6-13(10)19-15/h5-7,12,14-16,19-21H,2-4,8-9H2,1H3. The molecule has 2 aliphatic heterocycles. The van der Waals surface area contributed by atoms with Gasteiger partial charge in [-0.1, -0.05) is 18.0 Å². The molecule has 0 spiro atoms. The van der Waals surface area contributed by atoms with Crippen LogP contribution in [0.2, 0.25) is 5.02 Å². The van der Waals surface area contributed by atoms with Gasteiger partial charge in [0, 0.05) is 42.8 Å². The summed E-state index contributed by atoms with van der Waals surface area (Å²) in [5.41, 5.74) is 8.91. The molecule has 1 saturated carbocycles. The van der Waals surface area contributed by atoms with Crippen LogP contribution in [0.15, 0.2) is 18.2 Å². The van der Waals surface area contributed by atoms with E-state index in [0.717, 1.165) is 22.8 Å². The van der Waals surface area contributed by atoms with E-state index in [1.807, 2.05) is 30.1 Å². The zero-order chi connectivity index (χ0) is 16.0. The highest BCUT2D eigenvalue weighted by Crippen LogP contribution is 2.32. The van der Waals surface area contributed by atoms with Crippen molar-refractivity contribution in [3.63, 3.8) is 0 Å². The van der Waals surface area contributed by atoms with E-state index in [1.54, 1.807) is 0 Å². The van der Waals surface area contributed by atoms with Gasteiger partial charge in [-0.15, -0.1) is 0 Å². The number of rotatable bonds is 3. The van der Waals surface area contributed by atoms with Crippen molar-refractivity contribution >= 4 is 23.2 Å². The van der Waals surface area contributed by atoms with E-state index in [-0.39, 0.29) is 11.9 Å². The van der Waals surface area contributed by atoms with Crippen molar-refractivity contribution in [2.75, 3.05) is 18.9 Å². The van der Waals surface area contributed by atoms with Gasteiger partial charge in [0.25, 0.3) is 0 Å². The number of hydrazine groups is 1. The zero-order valence-corrected chi connectivity index (χ0v) is 14.1. The molecule has 3 N–H and O–H groups in total. The topological polar surface area (TPSA) is 56.4 Å². The van der Waals surface area contributed by atoms with Gasteiger partial charge in [0.1, 0.15) is 6.04 Å². The monoisotopic (exact) mass is 334 g/mol. The van der Waals surface area contributed by atoms with Crippen molar-refractivity contribution in [3.8, 4) is 0 Å². The molecule has 4 unspecified atom stereocenters. The zero-order valence-electron chi connectivity index (χ0n) is 13.3. The van der Waals surface area contributed by atoms with E-state index in [0.29, 0.717) is 24.4 Å². The van der Waals surface area contributed by atoms with Gasteiger partial charge in [-0.25, -0.2) is 0 Å². The molecule has 2 fully saturated rings. The molecule has 1 aromatic carbocycles. The third-order valence-electron chi connectivity index (χ3n) is 5.51. The summed E-state index contributed by atoms with van der Waals surface area (Å²) < 4.78 is 0. The van der Waals surface area contributed by atoms with E-state index in [4.69, 9.17) is 11.6 Å². The Morgan fingerprint density at radius 2 is 2.22 bits per heavy atom. The fraction of sp³-hybridized carbons (Fsp3) is 0.588. The lowest BCUT2D eigenvalue weighted by Gasteiger charge is -2.26. The Morgan fingerprint density at radius 3 is 3.09 bits per heavy atom. The molecule has 1 saturated heterocycles. The minimum atomic E-state index is -0.179. The second kappa shape index (κ2) is 5.96. The van der Waals surface area contributed by atoms with E-state index in [2.05, 4.69) is 16.2 Å². The minimum absolute atomic E-state index is 0.153. The third kappa shape index (κ3) is 2.82. The van der Waals surface area contributed by atoms with Gasteiger partial charge in [-0.2, -0.15) is 0 Å². The quantitative estimate of drug-likeness (QED) is 0.788. The van der Waals surface area contributed by atoms with Crippen molar-refractivity contribution in [1.29, 1.82) is 0 Å². The van der Waals surface area contributed by atoms with Gasteiger partial charge >= 0.3 is 0 Å². The lowest BCUT2D eigenvalue weighted by molar-refractivity contribution is -0.131.